The number of nitrogen functional groups attached to an aromatic ring is 1. The fourth-order valence-electron chi connectivity index (χ4n) is 1.83. The third kappa shape index (κ3) is 1.78. The highest BCUT2D eigenvalue weighted by Gasteiger charge is 2.41. The molecule has 0 saturated heterocycles. The molecular formula is C10H14N6O. The van der Waals surface area contributed by atoms with Gasteiger partial charge in [-0.15, -0.1) is 0 Å². The molecule has 7 nitrogen and oxygen atoms in total. The summed E-state index contributed by atoms with van der Waals surface area (Å²) in [4.78, 5) is 8.19. The molecular weight excluding hydrogens is 220 g/mol. The van der Waals surface area contributed by atoms with Crippen molar-refractivity contribution < 1.29 is 5.11 Å². The molecule has 0 bridgehead atoms. The second kappa shape index (κ2) is 3.56. The Labute approximate surface area is 97.5 Å². The number of anilines is 2. The molecule has 2 aromatic rings. The lowest BCUT2D eigenvalue weighted by molar-refractivity contribution is 0.219. The van der Waals surface area contributed by atoms with Gasteiger partial charge < -0.3 is 16.2 Å². The molecule has 0 unspecified atom stereocenters. The van der Waals surface area contributed by atoms with Crippen LogP contribution in [0, 0.1) is 5.41 Å². The summed E-state index contributed by atoms with van der Waals surface area (Å²) in [5, 5.41) is 19.9. The van der Waals surface area contributed by atoms with Gasteiger partial charge in [0.15, 0.2) is 5.65 Å². The number of fused-ring (bicyclic) bond motifs is 1. The quantitative estimate of drug-likeness (QED) is 0.597. The van der Waals surface area contributed by atoms with Crippen molar-refractivity contribution in [3.05, 3.63) is 6.20 Å². The molecule has 1 aliphatic rings. The van der Waals surface area contributed by atoms with Crippen molar-refractivity contribution in [3.63, 3.8) is 0 Å². The van der Waals surface area contributed by atoms with Gasteiger partial charge in [-0.25, -0.2) is 0 Å². The van der Waals surface area contributed by atoms with Crippen LogP contribution in [0.2, 0.25) is 0 Å². The molecule has 5 N–H and O–H groups in total. The molecule has 1 saturated carbocycles. The van der Waals surface area contributed by atoms with E-state index in [0.29, 0.717) is 18.0 Å². The maximum absolute atomic E-state index is 9.25. The lowest BCUT2D eigenvalue weighted by Crippen LogP contribution is -2.20. The van der Waals surface area contributed by atoms with Gasteiger partial charge in [0.2, 0.25) is 5.95 Å². The number of rotatable bonds is 4. The number of aromatic nitrogens is 4. The van der Waals surface area contributed by atoms with E-state index in [1.165, 1.54) is 0 Å². The second-order valence-electron chi connectivity index (χ2n) is 4.57. The zero-order chi connectivity index (χ0) is 11.9. The summed E-state index contributed by atoms with van der Waals surface area (Å²) in [5.74, 6) is 0.874. The minimum Gasteiger partial charge on any atom is -0.396 e. The average molecular weight is 234 g/mol. The van der Waals surface area contributed by atoms with Crippen molar-refractivity contribution in [1.82, 2.24) is 20.2 Å². The lowest BCUT2D eigenvalue weighted by atomic mass is 10.1. The highest BCUT2D eigenvalue weighted by atomic mass is 16.3. The third-order valence-electron chi connectivity index (χ3n) is 3.25. The second-order valence-corrected chi connectivity index (χ2v) is 4.57. The predicted molar refractivity (Wildman–Crippen MR) is 63.3 cm³/mol. The summed E-state index contributed by atoms with van der Waals surface area (Å²) in [6.45, 7) is 0.898. The van der Waals surface area contributed by atoms with Gasteiger partial charge in [-0.3, -0.25) is 5.10 Å². The topological polar surface area (TPSA) is 113 Å². The van der Waals surface area contributed by atoms with Gasteiger partial charge >= 0.3 is 0 Å². The fraction of sp³-hybridized carbons (Fsp3) is 0.500. The van der Waals surface area contributed by atoms with Crippen molar-refractivity contribution in [1.29, 1.82) is 0 Å². The van der Waals surface area contributed by atoms with Gasteiger partial charge in [0.1, 0.15) is 5.82 Å². The summed E-state index contributed by atoms with van der Waals surface area (Å²) in [6.07, 6.45) is 3.76. The number of hydrogen-bond acceptors (Lipinski definition) is 6. The number of nitrogens with zero attached hydrogens (tertiary/aromatic N) is 3. The van der Waals surface area contributed by atoms with Crippen LogP contribution in [0.5, 0.6) is 0 Å². The summed E-state index contributed by atoms with van der Waals surface area (Å²) < 4.78 is 0. The molecule has 90 valence electrons. The Hall–Kier alpha value is -1.89. The number of hydrogen-bond donors (Lipinski definition) is 4. The Morgan fingerprint density at radius 2 is 2.29 bits per heavy atom. The Kier molecular flexibility index (Phi) is 2.15. The van der Waals surface area contributed by atoms with Gasteiger partial charge in [-0.1, -0.05) is 0 Å². The molecule has 1 aliphatic carbocycles. The summed E-state index contributed by atoms with van der Waals surface area (Å²) in [5.41, 5.74) is 6.25. The molecule has 3 rings (SSSR count). The molecule has 0 aliphatic heterocycles. The van der Waals surface area contributed by atoms with Crippen molar-refractivity contribution in [2.75, 3.05) is 24.2 Å². The van der Waals surface area contributed by atoms with Crippen LogP contribution in [0.4, 0.5) is 11.8 Å². The monoisotopic (exact) mass is 234 g/mol. The van der Waals surface area contributed by atoms with E-state index < -0.39 is 0 Å². The van der Waals surface area contributed by atoms with Crippen LogP contribution in [0.15, 0.2) is 6.20 Å². The molecule has 0 aromatic carbocycles. The van der Waals surface area contributed by atoms with Crippen molar-refractivity contribution in [2.45, 2.75) is 12.8 Å². The molecule has 0 spiro atoms. The van der Waals surface area contributed by atoms with E-state index in [1.807, 2.05) is 0 Å². The van der Waals surface area contributed by atoms with Crippen molar-refractivity contribution >= 4 is 22.8 Å². The summed E-state index contributed by atoms with van der Waals surface area (Å²) in [6, 6.07) is 0. The highest BCUT2D eigenvalue weighted by molar-refractivity contribution is 5.86. The van der Waals surface area contributed by atoms with E-state index in [-0.39, 0.29) is 18.0 Å². The molecule has 2 aromatic heterocycles. The minimum atomic E-state index is 0.0236. The maximum atomic E-state index is 9.25. The van der Waals surface area contributed by atoms with Crippen LogP contribution in [-0.2, 0) is 0 Å². The van der Waals surface area contributed by atoms with Gasteiger partial charge in [0.25, 0.3) is 0 Å². The maximum Gasteiger partial charge on any atom is 0.224 e. The van der Waals surface area contributed by atoms with E-state index in [0.717, 1.165) is 18.2 Å². The first-order valence-electron chi connectivity index (χ1n) is 5.54. The van der Waals surface area contributed by atoms with E-state index in [1.54, 1.807) is 6.20 Å². The number of nitrogens with one attached hydrogen (secondary N) is 2. The van der Waals surface area contributed by atoms with Gasteiger partial charge in [0.05, 0.1) is 18.2 Å². The van der Waals surface area contributed by atoms with Crippen LogP contribution in [-0.4, -0.2) is 38.4 Å². The SMILES string of the molecule is Nc1nc(NCC2(CO)CC2)c2cn[nH]c2n1. The first-order valence-corrected chi connectivity index (χ1v) is 5.54. The Balaban J connectivity index is 1.86. The number of aliphatic hydroxyl groups is 1. The molecule has 0 amide bonds. The first-order chi connectivity index (χ1) is 8.22. The zero-order valence-corrected chi connectivity index (χ0v) is 9.27. The molecule has 2 heterocycles. The van der Waals surface area contributed by atoms with Crippen molar-refractivity contribution in [3.8, 4) is 0 Å². The van der Waals surface area contributed by atoms with Crippen LogP contribution >= 0.6 is 0 Å². The van der Waals surface area contributed by atoms with Crippen molar-refractivity contribution in [2.24, 2.45) is 5.41 Å². The van der Waals surface area contributed by atoms with Gasteiger partial charge in [0, 0.05) is 12.0 Å². The Bertz CT molecular complexity index is 547. The standard InChI is InChI=1S/C10H14N6O/c11-9-14-7(6-3-13-16-8(6)15-9)12-4-10(5-17)1-2-10/h3,17H,1-2,4-5H2,(H4,11,12,13,14,15,16). The highest BCUT2D eigenvalue weighted by Crippen LogP contribution is 2.45. The Morgan fingerprint density at radius 3 is 3.00 bits per heavy atom. The zero-order valence-electron chi connectivity index (χ0n) is 9.27. The van der Waals surface area contributed by atoms with Gasteiger partial charge in [-0.05, 0) is 12.8 Å². The number of nitrogens with two attached hydrogens (primary N) is 1. The van der Waals surface area contributed by atoms with Crippen LogP contribution in [0.3, 0.4) is 0 Å². The van der Waals surface area contributed by atoms with Gasteiger partial charge in [-0.2, -0.15) is 15.1 Å². The summed E-state index contributed by atoms with van der Waals surface area (Å²) in [7, 11) is 0. The Morgan fingerprint density at radius 1 is 1.47 bits per heavy atom. The number of H-pyrrole nitrogens is 1. The van der Waals surface area contributed by atoms with E-state index in [2.05, 4.69) is 25.5 Å². The van der Waals surface area contributed by atoms with Crippen LogP contribution in [0.1, 0.15) is 12.8 Å². The summed E-state index contributed by atoms with van der Waals surface area (Å²) >= 11 is 0. The fourth-order valence-corrected chi connectivity index (χ4v) is 1.83. The molecule has 0 atom stereocenters. The van der Waals surface area contributed by atoms with Crippen LogP contribution in [0.25, 0.3) is 11.0 Å². The predicted octanol–water partition coefficient (Wildman–Crippen LogP) is 0.119. The normalized spacial score (nSPS) is 17.2. The molecule has 17 heavy (non-hydrogen) atoms. The minimum absolute atomic E-state index is 0.0236. The average Bonchev–Trinajstić information content (AvgIpc) is 2.96. The molecule has 1 fully saturated rings. The van der Waals surface area contributed by atoms with E-state index in [4.69, 9.17) is 5.73 Å². The first kappa shape index (κ1) is 10.3. The molecule has 7 heteroatoms. The third-order valence-corrected chi connectivity index (χ3v) is 3.25. The number of aliphatic hydroxyl groups excluding tert-OH is 1. The van der Waals surface area contributed by atoms with E-state index >= 15 is 0 Å². The lowest BCUT2D eigenvalue weighted by Gasteiger charge is -2.13. The molecule has 0 radical (unpaired) electrons. The smallest absolute Gasteiger partial charge is 0.224 e. The number of aromatic amines is 1. The van der Waals surface area contributed by atoms with E-state index in [9.17, 15) is 5.11 Å². The van der Waals surface area contributed by atoms with Crippen LogP contribution < -0.4 is 11.1 Å². The largest absolute Gasteiger partial charge is 0.396 e.